The minimum Gasteiger partial charge on any atom is -0.397 e. The van der Waals surface area contributed by atoms with Crippen LogP contribution in [0, 0.1) is 5.82 Å². The quantitative estimate of drug-likeness (QED) is 0.655. The number of halogens is 1. The third-order valence-electron chi connectivity index (χ3n) is 2.50. The average molecular weight is 256 g/mol. The van der Waals surface area contributed by atoms with E-state index in [0.717, 1.165) is 5.56 Å². The summed E-state index contributed by atoms with van der Waals surface area (Å²) in [7, 11) is 0. The van der Waals surface area contributed by atoms with Gasteiger partial charge in [0.15, 0.2) is 0 Å². The Morgan fingerprint density at radius 2 is 1.89 bits per heavy atom. The summed E-state index contributed by atoms with van der Waals surface area (Å²) in [6, 6.07) is 13.2. The van der Waals surface area contributed by atoms with E-state index in [0.29, 0.717) is 5.69 Å². The monoisotopic (exact) mass is 256 g/mol. The van der Waals surface area contributed by atoms with E-state index in [1.807, 2.05) is 30.3 Å². The fraction of sp³-hybridized carbons (Fsp3) is 0. The lowest BCUT2D eigenvalue weighted by atomic mass is 10.2. The van der Waals surface area contributed by atoms with Crippen LogP contribution in [-0.4, -0.2) is 5.91 Å². The van der Waals surface area contributed by atoms with Crippen LogP contribution < -0.4 is 11.1 Å². The molecule has 0 radical (unpaired) electrons. The molecule has 96 valence electrons. The summed E-state index contributed by atoms with van der Waals surface area (Å²) < 4.78 is 13.0. The number of carbonyl (C=O) groups excluding carboxylic acids is 1. The Morgan fingerprint density at radius 1 is 1.16 bits per heavy atom. The highest BCUT2D eigenvalue weighted by molar-refractivity contribution is 6.03. The fourth-order valence-corrected chi connectivity index (χ4v) is 1.55. The Balaban J connectivity index is 2.06. The highest BCUT2D eigenvalue weighted by atomic mass is 19.1. The van der Waals surface area contributed by atoms with Crippen LogP contribution in [0.15, 0.2) is 54.6 Å². The van der Waals surface area contributed by atoms with Crippen LogP contribution in [0.3, 0.4) is 0 Å². The molecule has 0 unspecified atom stereocenters. The Hall–Kier alpha value is -2.62. The number of amides is 1. The first-order valence-electron chi connectivity index (χ1n) is 5.74. The number of rotatable bonds is 3. The van der Waals surface area contributed by atoms with E-state index in [1.165, 1.54) is 24.3 Å². The molecule has 2 rings (SSSR count). The number of carbonyl (C=O) groups is 1. The van der Waals surface area contributed by atoms with Gasteiger partial charge in [0.1, 0.15) is 5.82 Å². The summed E-state index contributed by atoms with van der Waals surface area (Å²) >= 11 is 0. The van der Waals surface area contributed by atoms with Gasteiger partial charge in [-0.1, -0.05) is 30.3 Å². The molecule has 0 spiro atoms. The molecule has 0 heterocycles. The molecule has 1 amide bonds. The van der Waals surface area contributed by atoms with Gasteiger partial charge in [-0.05, 0) is 29.8 Å². The van der Waals surface area contributed by atoms with Crippen molar-refractivity contribution in [2.45, 2.75) is 0 Å². The molecule has 0 atom stereocenters. The number of anilines is 2. The van der Waals surface area contributed by atoms with Crippen LogP contribution >= 0.6 is 0 Å². The molecule has 0 bridgehead atoms. The van der Waals surface area contributed by atoms with Gasteiger partial charge < -0.3 is 11.1 Å². The van der Waals surface area contributed by atoms with Crippen LogP contribution in [0.5, 0.6) is 0 Å². The highest BCUT2D eigenvalue weighted by Gasteiger charge is 2.03. The predicted octanol–water partition coefficient (Wildman–Crippen LogP) is 3.06. The van der Waals surface area contributed by atoms with E-state index in [4.69, 9.17) is 5.73 Å². The third-order valence-corrected chi connectivity index (χ3v) is 2.50. The van der Waals surface area contributed by atoms with Crippen molar-refractivity contribution in [2.24, 2.45) is 0 Å². The highest BCUT2D eigenvalue weighted by Crippen LogP contribution is 2.19. The topological polar surface area (TPSA) is 55.1 Å². The first kappa shape index (κ1) is 12.8. The zero-order valence-electron chi connectivity index (χ0n) is 10.1. The number of nitrogens with two attached hydrogens (primary N) is 1. The second kappa shape index (κ2) is 5.82. The van der Waals surface area contributed by atoms with Gasteiger partial charge in [-0.25, -0.2) is 4.39 Å². The molecule has 0 aliphatic rings. The molecule has 2 aromatic rings. The van der Waals surface area contributed by atoms with E-state index in [-0.39, 0.29) is 11.6 Å². The molecule has 0 aliphatic heterocycles. The SMILES string of the molecule is Nc1ccc(F)cc1NC(=O)C=Cc1ccccc1. The summed E-state index contributed by atoms with van der Waals surface area (Å²) in [5.41, 5.74) is 7.14. The Labute approximate surface area is 110 Å². The third kappa shape index (κ3) is 3.67. The van der Waals surface area contributed by atoms with Crippen LogP contribution in [-0.2, 0) is 4.79 Å². The van der Waals surface area contributed by atoms with Crippen molar-refractivity contribution in [3.8, 4) is 0 Å². The van der Waals surface area contributed by atoms with Crippen molar-refractivity contribution in [1.82, 2.24) is 0 Å². The number of nitrogens with one attached hydrogen (secondary N) is 1. The van der Waals surface area contributed by atoms with Crippen LogP contribution in [0.25, 0.3) is 6.08 Å². The maximum Gasteiger partial charge on any atom is 0.248 e. The maximum atomic E-state index is 13.0. The summed E-state index contributed by atoms with van der Waals surface area (Å²) in [4.78, 5) is 11.7. The van der Waals surface area contributed by atoms with E-state index in [1.54, 1.807) is 6.08 Å². The molecule has 3 N–H and O–H groups in total. The van der Waals surface area contributed by atoms with Gasteiger partial charge in [0.25, 0.3) is 0 Å². The molecule has 19 heavy (non-hydrogen) atoms. The number of nitrogen functional groups attached to an aromatic ring is 1. The fourth-order valence-electron chi connectivity index (χ4n) is 1.55. The smallest absolute Gasteiger partial charge is 0.248 e. The van der Waals surface area contributed by atoms with Crippen molar-refractivity contribution in [3.05, 3.63) is 66.0 Å². The summed E-state index contributed by atoms with van der Waals surface area (Å²) in [5, 5.41) is 2.53. The van der Waals surface area contributed by atoms with Gasteiger partial charge in [-0.2, -0.15) is 0 Å². The van der Waals surface area contributed by atoms with Gasteiger partial charge in [-0.3, -0.25) is 4.79 Å². The van der Waals surface area contributed by atoms with Crippen molar-refractivity contribution in [1.29, 1.82) is 0 Å². The van der Waals surface area contributed by atoms with Gasteiger partial charge in [0.05, 0.1) is 11.4 Å². The molecule has 0 aliphatic carbocycles. The van der Waals surface area contributed by atoms with E-state index in [9.17, 15) is 9.18 Å². The van der Waals surface area contributed by atoms with E-state index < -0.39 is 5.82 Å². The normalized spacial score (nSPS) is 10.6. The molecule has 4 heteroatoms. The zero-order chi connectivity index (χ0) is 13.7. The summed E-state index contributed by atoms with van der Waals surface area (Å²) in [6.07, 6.45) is 3.05. The number of hydrogen-bond donors (Lipinski definition) is 2. The molecular formula is C15H13FN2O. The minimum absolute atomic E-state index is 0.266. The largest absolute Gasteiger partial charge is 0.397 e. The lowest BCUT2D eigenvalue weighted by Gasteiger charge is -2.05. The van der Waals surface area contributed by atoms with Crippen LogP contribution in [0.4, 0.5) is 15.8 Å². The van der Waals surface area contributed by atoms with E-state index >= 15 is 0 Å². The molecule has 0 saturated heterocycles. The maximum absolute atomic E-state index is 13.0. The van der Waals surface area contributed by atoms with Crippen molar-refractivity contribution < 1.29 is 9.18 Å². The van der Waals surface area contributed by atoms with Crippen molar-refractivity contribution in [3.63, 3.8) is 0 Å². The first-order chi connectivity index (χ1) is 9.15. The summed E-state index contributed by atoms with van der Waals surface area (Å²) in [6.45, 7) is 0. The van der Waals surface area contributed by atoms with Gasteiger partial charge in [-0.15, -0.1) is 0 Å². The van der Waals surface area contributed by atoms with Crippen molar-refractivity contribution >= 4 is 23.4 Å². The molecule has 0 saturated carbocycles. The molecule has 0 aromatic heterocycles. The second-order valence-corrected chi connectivity index (χ2v) is 3.96. The van der Waals surface area contributed by atoms with E-state index in [2.05, 4.69) is 5.32 Å². The second-order valence-electron chi connectivity index (χ2n) is 3.96. The molecule has 2 aromatic carbocycles. The lowest BCUT2D eigenvalue weighted by Crippen LogP contribution is -2.09. The van der Waals surface area contributed by atoms with Gasteiger partial charge >= 0.3 is 0 Å². The Kier molecular flexibility index (Phi) is 3.93. The van der Waals surface area contributed by atoms with Crippen LogP contribution in [0.1, 0.15) is 5.56 Å². The summed E-state index contributed by atoms with van der Waals surface area (Å²) in [5.74, 6) is -0.808. The Bertz CT molecular complexity index is 609. The standard InChI is InChI=1S/C15H13FN2O/c16-12-7-8-13(17)14(10-12)18-15(19)9-6-11-4-2-1-3-5-11/h1-10H,17H2,(H,18,19). The molecule has 0 fully saturated rings. The molecular weight excluding hydrogens is 243 g/mol. The van der Waals surface area contributed by atoms with Gasteiger partial charge in [0, 0.05) is 6.08 Å². The van der Waals surface area contributed by atoms with Crippen LogP contribution in [0.2, 0.25) is 0 Å². The zero-order valence-corrected chi connectivity index (χ0v) is 10.1. The number of hydrogen-bond acceptors (Lipinski definition) is 2. The average Bonchev–Trinajstić information content (AvgIpc) is 2.42. The molecule has 3 nitrogen and oxygen atoms in total. The first-order valence-corrected chi connectivity index (χ1v) is 5.74. The van der Waals surface area contributed by atoms with Crippen molar-refractivity contribution in [2.75, 3.05) is 11.1 Å². The Morgan fingerprint density at radius 3 is 2.63 bits per heavy atom. The lowest BCUT2D eigenvalue weighted by molar-refractivity contribution is -0.111. The van der Waals surface area contributed by atoms with Gasteiger partial charge in [0.2, 0.25) is 5.91 Å². The predicted molar refractivity (Wildman–Crippen MR) is 74.9 cm³/mol. The number of benzene rings is 2. The minimum atomic E-state index is -0.448.